The fourth-order valence-electron chi connectivity index (χ4n) is 7.39. The van der Waals surface area contributed by atoms with Crippen molar-refractivity contribution < 1.29 is 4.74 Å². The van der Waals surface area contributed by atoms with E-state index in [0.29, 0.717) is 0 Å². The summed E-state index contributed by atoms with van der Waals surface area (Å²) in [5.74, 6) is 1.94. The van der Waals surface area contributed by atoms with E-state index in [0.717, 1.165) is 11.5 Å². The van der Waals surface area contributed by atoms with E-state index >= 15 is 0 Å². The van der Waals surface area contributed by atoms with Crippen LogP contribution in [-0.2, 0) is 5.41 Å². The molecule has 8 rings (SSSR count). The molecule has 2 aliphatic rings. The molecule has 0 amide bonds. The third-order valence-corrected chi connectivity index (χ3v) is 9.06. The van der Waals surface area contributed by atoms with Crippen molar-refractivity contribution in [2.45, 2.75) is 47.0 Å². The van der Waals surface area contributed by atoms with Crippen LogP contribution in [0.4, 0.5) is 0 Å². The van der Waals surface area contributed by atoms with E-state index in [1.807, 2.05) is 0 Å². The van der Waals surface area contributed by atoms with E-state index in [1.54, 1.807) is 0 Å². The zero-order valence-corrected chi connectivity index (χ0v) is 24.0. The molecule has 0 fully saturated rings. The molecule has 3 heteroatoms. The molecule has 0 saturated carbocycles. The van der Waals surface area contributed by atoms with Gasteiger partial charge in [-0.05, 0) is 94.7 Å². The first-order valence-electron chi connectivity index (χ1n) is 14.3. The van der Waals surface area contributed by atoms with Crippen molar-refractivity contribution in [1.29, 1.82) is 0 Å². The maximum atomic E-state index is 6.82. The van der Waals surface area contributed by atoms with E-state index in [-0.39, 0.29) is 12.1 Å². The van der Waals surface area contributed by atoms with Gasteiger partial charge in [-0.1, -0.05) is 87.0 Å². The molecule has 0 unspecified atom stereocenters. The largest absolute Gasteiger partial charge is 0.458 e. The van der Waals surface area contributed by atoms with Gasteiger partial charge in [-0.15, -0.1) is 0 Å². The highest BCUT2D eigenvalue weighted by atomic mass is 16.5. The number of aromatic nitrogens is 1. The molecule has 194 valence electrons. The first kappa shape index (κ1) is 23.6. The van der Waals surface area contributed by atoms with Gasteiger partial charge in [-0.2, -0.15) is 0 Å². The van der Waals surface area contributed by atoms with Gasteiger partial charge >= 0.3 is 0 Å². The van der Waals surface area contributed by atoms with Crippen LogP contribution in [-0.4, -0.2) is 11.3 Å². The Morgan fingerprint density at radius 2 is 1.45 bits per heavy atom. The van der Waals surface area contributed by atoms with Crippen molar-refractivity contribution in [2.24, 2.45) is 0 Å². The molecule has 1 aromatic heterocycles. The monoisotopic (exact) mass is 517 g/mol. The van der Waals surface area contributed by atoms with Crippen LogP contribution in [0.3, 0.4) is 0 Å². The van der Waals surface area contributed by atoms with Crippen LogP contribution in [0.2, 0.25) is 0 Å². The second-order valence-corrected chi connectivity index (χ2v) is 12.8. The molecule has 0 atom stereocenters. The van der Waals surface area contributed by atoms with E-state index in [2.05, 4.69) is 131 Å². The minimum absolute atomic E-state index is 0.00590. The van der Waals surface area contributed by atoms with Gasteiger partial charge in [0.15, 0.2) is 0 Å². The first-order chi connectivity index (χ1) is 19.2. The molecule has 0 spiro atoms. The summed E-state index contributed by atoms with van der Waals surface area (Å²) in [6, 6.07) is 31.8. The fraction of sp³-hybridized carbons (Fsp3) is 0.189. The standard InChI is InChI=1S/C37H32BNO/c1-21-16-22(2)34(23(3)17-21)24-14-15-32-29(18-24)38-28-12-9-11-27-26-10-7-8-13-30(26)39(36(27)28)31-19-25(37(4,5)6)20-33(40-32)35(31)38/h7-20H,1-6H3. The van der Waals surface area contributed by atoms with Gasteiger partial charge in [0.25, 0.3) is 6.71 Å². The molecule has 3 heterocycles. The summed E-state index contributed by atoms with van der Waals surface area (Å²) in [6.45, 7) is 13.6. The SMILES string of the molecule is Cc1cc(C)c(-c2ccc3c(c2)B2c4c(cc(C(C)(C)C)cc4-n4c5ccccc5c5cccc2c54)O3)c(C)c1. The van der Waals surface area contributed by atoms with Gasteiger partial charge in [0.1, 0.15) is 11.5 Å². The molecule has 0 saturated heterocycles. The summed E-state index contributed by atoms with van der Waals surface area (Å²) in [5, 5.41) is 2.62. The minimum Gasteiger partial charge on any atom is -0.458 e. The molecule has 40 heavy (non-hydrogen) atoms. The fourth-order valence-corrected chi connectivity index (χ4v) is 7.39. The van der Waals surface area contributed by atoms with Crippen LogP contribution in [0.25, 0.3) is 38.6 Å². The molecule has 0 N–H and O–H groups in total. The van der Waals surface area contributed by atoms with Gasteiger partial charge in [0.05, 0.1) is 5.52 Å². The lowest BCUT2D eigenvalue weighted by Crippen LogP contribution is -2.58. The van der Waals surface area contributed by atoms with Crippen molar-refractivity contribution in [3.05, 3.63) is 107 Å². The summed E-state index contributed by atoms with van der Waals surface area (Å²) in [7, 11) is 0. The van der Waals surface area contributed by atoms with Crippen LogP contribution >= 0.6 is 0 Å². The Morgan fingerprint density at radius 3 is 2.23 bits per heavy atom. The highest BCUT2D eigenvalue weighted by Crippen LogP contribution is 2.40. The molecule has 2 nitrogen and oxygen atoms in total. The highest BCUT2D eigenvalue weighted by Gasteiger charge is 2.41. The van der Waals surface area contributed by atoms with Crippen molar-refractivity contribution in [3.8, 4) is 28.3 Å². The second kappa shape index (κ2) is 7.91. The predicted molar refractivity (Wildman–Crippen MR) is 170 cm³/mol. The third kappa shape index (κ3) is 3.12. The number of aryl methyl sites for hydroxylation is 3. The van der Waals surface area contributed by atoms with Crippen molar-refractivity contribution in [3.63, 3.8) is 0 Å². The quantitative estimate of drug-likeness (QED) is 0.205. The molecule has 0 aliphatic carbocycles. The van der Waals surface area contributed by atoms with E-state index in [1.165, 1.54) is 77.3 Å². The molecular weight excluding hydrogens is 485 g/mol. The number of para-hydroxylation sites is 2. The predicted octanol–water partition coefficient (Wildman–Crippen LogP) is 7.61. The summed E-state index contributed by atoms with van der Waals surface area (Å²) in [6.07, 6.45) is 0. The van der Waals surface area contributed by atoms with Gasteiger partial charge in [-0.3, -0.25) is 0 Å². The van der Waals surface area contributed by atoms with Gasteiger partial charge < -0.3 is 9.30 Å². The summed E-state index contributed by atoms with van der Waals surface area (Å²) in [4.78, 5) is 0. The Bertz CT molecular complexity index is 2030. The van der Waals surface area contributed by atoms with Gasteiger partial charge in [-0.25, -0.2) is 0 Å². The number of hydrogen-bond acceptors (Lipinski definition) is 1. The lowest BCUT2D eigenvalue weighted by atomic mass is 9.34. The topological polar surface area (TPSA) is 14.2 Å². The average molecular weight is 517 g/mol. The molecule has 5 aromatic carbocycles. The summed E-state index contributed by atoms with van der Waals surface area (Å²) in [5.41, 5.74) is 15.5. The smallest absolute Gasteiger partial charge is 0.256 e. The third-order valence-electron chi connectivity index (χ3n) is 9.06. The lowest BCUT2D eigenvalue weighted by molar-refractivity contribution is 0.483. The maximum absolute atomic E-state index is 6.82. The van der Waals surface area contributed by atoms with Crippen LogP contribution in [0.15, 0.2) is 84.9 Å². The Morgan fingerprint density at radius 1 is 0.700 bits per heavy atom. The molecule has 0 bridgehead atoms. The van der Waals surface area contributed by atoms with Crippen LogP contribution in [0.1, 0.15) is 43.0 Å². The Kier molecular flexibility index (Phi) is 4.68. The van der Waals surface area contributed by atoms with Crippen molar-refractivity contribution >= 4 is 44.9 Å². The van der Waals surface area contributed by atoms with E-state index in [4.69, 9.17) is 4.74 Å². The Balaban J connectivity index is 1.49. The number of ether oxygens (including phenoxy) is 1. The summed E-state index contributed by atoms with van der Waals surface area (Å²) >= 11 is 0. The Labute approximate surface area is 236 Å². The minimum atomic E-state index is -0.00590. The lowest BCUT2D eigenvalue weighted by Gasteiger charge is -2.35. The van der Waals surface area contributed by atoms with Gasteiger partial charge in [0.2, 0.25) is 0 Å². The summed E-state index contributed by atoms with van der Waals surface area (Å²) < 4.78 is 9.31. The molecular formula is C37H32BNO. The van der Waals surface area contributed by atoms with Crippen LogP contribution < -0.4 is 21.1 Å². The zero-order chi connectivity index (χ0) is 27.5. The van der Waals surface area contributed by atoms with E-state index in [9.17, 15) is 0 Å². The zero-order valence-electron chi connectivity index (χ0n) is 24.0. The normalized spacial score (nSPS) is 13.4. The van der Waals surface area contributed by atoms with Crippen LogP contribution in [0, 0.1) is 20.8 Å². The first-order valence-corrected chi connectivity index (χ1v) is 14.3. The number of hydrogen-bond donors (Lipinski definition) is 0. The average Bonchev–Trinajstić information content (AvgIpc) is 3.25. The number of benzene rings is 5. The number of fused-ring (bicyclic) bond motifs is 7. The Hall–Kier alpha value is -4.24. The maximum Gasteiger partial charge on any atom is 0.256 e. The highest BCUT2D eigenvalue weighted by molar-refractivity contribution is 6.99. The van der Waals surface area contributed by atoms with Gasteiger partial charge in [0, 0.05) is 22.0 Å². The second-order valence-electron chi connectivity index (χ2n) is 12.8. The molecule has 2 aliphatic heterocycles. The molecule has 0 radical (unpaired) electrons. The van der Waals surface area contributed by atoms with Crippen molar-refractivity contribution in [1.82, 2.24) is 4.57 Å². The van der Waals surface area contributed by atoms with Crippen molar-refractivity contribution in [2.75, 3.05) is 0 Å². The van der Waals surface area contributed by atoms with E-state index < -0.39 is 0 Å². The number of rotatable bonds is 1. The van der Waals surface area contributed by atoms with Crippen LogP contribution in [0.5, 0.6) is 11.5 Å². The number of nitrogens with zero attached hydrogens (tertiary/aromatic N) is 1. The molecule has 6 aromatic rings.